The first-order valence-corrected chi connectivity index (χ1v) is 10.2. The van der Waals surface area contributed by atoms with Crippen LogP contribution in [0.3, 0.4) is 0 Å². The van der Waals surface area contributed by atoms with Gasteiger partial charge in [-0.25, -0.2) is 19.0 Å². The van der Waals surface area contributed by atoms with Crippen LogP contribution in [0.25, 0.3) is 10.8 Å². The number of hydrogen-bond donors (Lipinski definition) is 1. The Labute approximate surface area is 187 Å². The summed E-state index contributed by atoms with van der Waals surface area (Å²) in [6, 6.07) is 2.75. The minimum Gasteiger partial charge on any atom is -0.293 e. The fraction of sp³-hybridized carbons (Fsp3) is 0.188. The SMILES string of the molecule is O=C(Cn1nc(C(I)I)c2cc(C(F)(F)F)ccc2c1=O)Nc1ncc(F)cn1. The van der Waals surface area contributed by atoms with Crippen LogP contribution in [0.5, 0.6) is 0 Å². The molecule has 3 aromatic rings. The number of aromatic nitrogens is 4. The van der Waals surface area contributed by atoms with Gasteiger partial charge in [-0.1, -0.05) is 45.2 Å². The molecule has 0 aliphatic rings. The molecular formula is C16H9F4I2N5O2. The summed E-state index contributed by atoms with van der Waals surface area (Å²) in [5.74, 6) is -1.56. The second kappa shape index (κ2) is 8.45. The summed E-state index contributed by atoms with van der Waals surface area (Å²) in [7, 11) is 0. The predicted molar refractivity (Wildman–Crippen MR) is 112 cm³/mol. The Kier molecular flexibility index (Phi) is 6.35. The van der Waals surface area contributed by atoms with Crippen molar-refractivity contribution in [1.82, 2.24) is 19.7 Å². The highest BCUT2D eigenvalue weighted by molar-refractivity contribution is 14.2. The lowest BCUT2D eigenvalue weighted by Crippen LogP contribution is -2.31. The topological polar surface area (TPSA) is 89.8 Å². The fourth-order valence-electron chi connectivity index (χ4n) is 2.43. The van der Waals surface area contributed by atoms with Crippen molar-refractivity contribution >= 4 is 67.8 Å². The second-order valence-electron chi connectivity index (χ2n) is 5.68. The molecule has 1 amide bonds. The quantitative estimate of drug-likeness (QED) is 0.268. The molecule has 0 aliphatic heterocycles. The van der Waals surface area contributed by atoms with Gasteiger partial charge in [-0.3, -0.25) is 14.9 Å². The van der Waals surface area contributed by atoms with Gasteiger partial charge in [-0.15, -0.1) is 0 Å². The van der Waals surface area contributed by atoms with Crippen LogP contribution >= 0.6 is 45.2 Å². The fourth-order valence-corrected chi connectivity index (χ4v) is 3.35. The number of alkyl halides is 5. The zero-order valence-corrected chi connectivity index (χ0v) is 18.4. The number of carbonyl (C=O) groups is 1. The van der Waals surface area contributed by atoms with Gasteiger partial charge in [0.05, 0.1) is 29.0 Å². The normalized spacial score (nSPS) is 11.8. The largest absolute Gasteiger partial charge is 0.416 e. The van der Waals surface area contributed by atoms with Crippen molar-refractivity contribution in [2.24, 2.45) is 0 Å². The third-order valence-corrected chi connectivity index (χ3v) is 4.87. The van der Waals surface area contributed by atoms with Crippen molar-refractivity contribution in [1.29, 1.82) is 0 Å². The lowest BCUT2D eigenvalue weighted by Gasteiger charge is -2.14. The Morgan fingerprint density at radius 1 is 1.17 bits per heavy atom. The van der Waals surface area contributed by atoms with Crippen LogP contribution < -0.4 is 10.9 Å². The minimum absolute atomic E-state index is 0.00663. The van der Waals surface area contributed by atoms with Gasteiger partial charge in [0.25, 0.3) is 5.56 Å². The third-order valence-electron chi connectivity index (χ3n) is 3.69. The maximum atomic E-state index is 13.0. The van der Waals surface area contributed by atoms with E-state index in [1.165, 1.54) is 0 Å². The second-order valence-corrected chi connectivity index (χ2v) is 10.6. The smallest absolute Gasteiger partial charge is 0.293 e. The Morgan fingerprint density at radius 2 is 1.83 bits per heavy atom. The summed E-state index contributed by atoms with van der Waals surface area (Å²) in [4.78, 5) is 32.0. The van der Waals surface area contributed by atoms with Crippen LogP contribution in [0.1, 0.15) is 13.2 Å². The Morgan fingerprint density at radius 3 is 2.41 bits per heavy atom. The molecule has 1 N–H and O–H groups in total. The highest BCUT2D eigenvalue weighted by Crippen LogP contribution is 2.36. The van der Waals surface area contributed by atoms with E-state index in [-0.39, 0.29) is 24.3 Å². The van der Waals surface area contributed by atoms with E-state index in [4.69, 9.17) is 0 Å². The number of nitrogens with one attached hydrogen (secondary N) is 1. The summed E-state index contributed by atoms with van der Waals surface area (Å²) in [5, 5.41) is 6.44. The van der Waals surface area contributed by atoms with Gasteiger partial charge in [0, 0.05) is 5.39 Å². The van der Waals surface area contributed by atoms with E-state index < -0.39 is 35.6 Å². The molecule has 13 heteroatoms. The molecule has 0 unspecified atom stereocenters. The maximum absolute atomic E-state index is 13.0. The average molecular weight is 633 g/mol. The summed E-state index contributed by atoms with van der Waals surface area (Å²) >= 11 is 3.89. The van der Waals surface area contributed by atoms with Crippen LogP contribution in [0.4, 0.5) is 23.5 Å². The van der Waals surface area contributed by atoms with E-state index in [0.717, 1.165) is 35.3 Å². The van der Waals surface area contributed by atoms with E-state index in [0.29, 0.717) is 0 Å². The zero-order chi connectivity index (χ0) is 21.3. The number of fused-ring (bicyclic) bond motifs is 1. The summed E-state index contributed by atoms with van der Waals surface area (Å²) in [6.45, 7) is -0.524. The number of anilines is 1. The molecule has 152 valence electrons. The zero-order valence-electron chi connectivity index (χ0n) is 14.0. The first-order chi connectivity index (χ1) is 13.6. The molecular weight excluding hydrogens is 624 g/mol. The van der Waals surface area contributed by atoms with E-state index in [1.807, 2.05) is 45.2 Å². The molecule has 0 saturated carbocycles. The van der Waals surface area contributed by atoms with Gasteiger partial charge in [-0.2, -0.15) is 18.3 Å². The summed E-state index contributed by atoms with van der Waals surface area (Å²) in [5.41, 5.74) is -1.40. The van der Waals surface area contributed by atoms with Gasteiger partial charge in [0.15, 0.2) is 5.82 Å². The number of halogens is 6. The highest BCUT2D eigenvalue weighted by atomic mass is 127. The summed E-state index contributed by atoms with van der Waals surface area (Å²) < 4.78 is 52.4. The van der Waals surface area contributed by atoms with E-state index >= 15 is 0 Å². The first kappa shape index (κ1) is 21.8. The number of nitrogens with zero attached hydrogens (tertiary/aromatic N) is 4. The Hall–Kier alpha value is -1.91. The van der Waals surface area contributed by atoms with Crippen LogP contribution in [-0.2, 0) is 17.5 Å². The van der Waals surface area contributed by atoms with E-state index in [9.17, 15) is 27.2 Å². The van der Waals surface area contributed by atoms with Gasteiger partial charge < -0.3 is 0 Å². The van der Waals surface area contributed by atoms with Crippen molar-refractivity contribution in [2.75, 3.05) is 5.32 Å². The van der Waals surface area contributed by atoms with Crippen LogP contribution in [0, 0.1) is 5.82 Å². The molecule has 0 saturated heterocycles. The molecule has 2 aromatic heterocycles. The molecule has 0 atom stereocenters. The van der Waals surface area contributed by atoms with Crippen molar-refractivity contribution in [2.45, 2.75) is 14.7 Å². The molecule has 7 nitrogen and oxygen atoms in total. The molecule has 1 aromatic carbocycles. The standard InChI is InChI=1S/C16H9F4I2N5O2/c17-8-4-23-15(24-5-8)25-11(28)6-27-14(29)9-2-1-7(16(18,19)20)3-10(9)12(26-27)13(21)22/h1-5,13H,6H2,(H,23,24,25,28). The lowest BCUT2D eigenvalue weighted by atomic mass is 10.1. The highest BCUT2D eigenvalue weighted by Gasteiger charge is 2.31. The van der Waals surface area contributed by atoms with Gasteiger partial charge in [0.1, 0.15) is 8.48 Å². The molecule has 0 radical (unpaired) electrons. The van der Waals surface area contributed by atoms with Gasteiger partial charge >= 0.3 is 6.18 Å². The average Bonchev–Trinajstić information content (AvgIpc) is 2.64. The molecule has 29 heavy (non-hydrogen) atoms. The summed E-state index contributed by atoms with van der Waals surface area (Å²) in [6.07, 6.45) is -2.85. The van der Waals surface area contributed by atoms with Gasteiger partial charge in [-0.05, 0) is 18.2 Å². The van der Waals surface area contributed by atoms with Crippen molar-refractivity contribution in [3.63, 3.8) is 0 Å². The van der Waals surface area contributed by atoms with Gasteiger partial charge in [0.2, 0.25) is 11.9 Å². The number of benzene rings is 1. The molecule has 0 spiro atoms. The van der Waals surface area contributed by atoms with Crippen molar-refractivity contribution < 1.29 is 22.4 Å². The third kappa shape index (κ3) is 4.99. The van der Waals surface area contributed by atoms with Crippen LogP contribution in [0.15, 0.2) is 35.4 Å². The van der Waals surface area contributed by atoms with Crippen LogP contribution in [-0.4, -0.2) is 25.7 Å². The Balaban J connectivity index is 2.00. The van der Waals surface area contributed by atoms with E-state index in [2.05, 4.69) is 20.4 Å². The number of rotatable bonds is 4. The van der Waals surface area contributed by atoms with E-state index in [1.54, 1.807) is 0 Å². The monoisotopic (exact) mass is 633 g/mol. The lowest BCUT2D eigenvalue weighted by molar-refractivity contribution is -0.137. The molecule has 2 heterocycles. The van der Waals surface area contributed by atoms with Crippen molar-refractivity contribution in [3.8, 4) is 0 Å². The number of carbonyl (C=O) groups excluding carboxylic acids is 1. The van der Waals surface area contributed by atoms with Crippen molar-refractivity contribution in [3.05, 3.63) is 58.0 Å². The first-order valence-electron chi connectivity index (χ1n) is 7.74. The number of amides is 1. The molecule has 0 aliphatic carbocycles. The molecule has 3 rings (SSSR count). The Bertz CT molecular complexity index is 1130. The molecule has 0 bridgehead atoms. The maximum Gasteiger partial charge on any atom is 0.416 e. The van der Waals surface area contributed by atoms with Crippen LogP contribution in [0.2, 0.25) is 0 Å². The molecule has 0 fully saturated rings. The number of hydrogen-bond acceptors (Lipinski definition) is 5. The minimum atomic E-state index is -4.57. The predicted octanol–water partition coefficient (Wildman–Crippen LogP) is 3.85.